The van der Waals surface area contributed by atoms with Crippen molar-refractivity contribution >= 4 is 23.3 Å². The number of benzene rings is 1. The average molecular weight is 439 g/mol. The van der Waals surface area contributed by atoms with E-state index in [1.807, 2.05) is 42.3 Å². The summed E-state index contributed by atoms with van der Waals surface area (Å²) in [5.41, 5.74) is 1.86. The smallest absolute Gasteiger partial charge is 0.253 e. The molecule has 170 valence electrons. The van der Waals surface area contributed by atoms with Crippen LogP contribution in [-0.2, 0) is 9.53 Å². The Bertz CT molecular complexity index is 968. The fourth-order valence-electron chi connectivity index (χ4n) is 4.44. The number of nitrogens with one attached hydrogen (secondary N) is 3. The number of hydrazine groups is 1. The van der Waals surface area contributed by atoms with Gasteiger partial charge in [0.1, 0.15) is 11.6 Å². The number of hydrogen-bond donors (Lipinski definition) is 4. The summed E-state index contributed by atoms with van der Waals surface area (Å²) in [6.45, 7) is 5.80. The lowest BCUT2D eigenvalue weighted by atomic mass is 10.1. The van der Waals surface area contributed by atoms with E-state index >= 15 is 0 Å². The average Bonchev–Trinajstić information content (AvgIpc) is 3.51. The van der Waals surface area contributed by atoms with Crippen LogP contribution in [0.25, 0.3) is 5.76 Å². The van der Waals surface area contributed by atoms with E-state index in [4.69, 9.17) is 10.6 Å². The number of hydrogen-bond acceptors (Lipinski definition) is 9. The summed E-state index contributed by atoms with van der Waals surface area (Å²) in [6.07, 6.45) is 6.05. The number of nitrogens with two attached hydrogens (primary N) is 1. The van der Waals surface area contributed by atoms with Crippen LogP contribution in [0, 0.1) is 0 Å². The minimum absolute atomic E-state index is 0.107. The molecule has 0 radical (unpaired) electrons. The standard InChI is InChI=1S/C22H30N8O2/c1-15-20(31)30(23)12-11-29(15)22-25-14-18(32-22)16-5-4-6-17(13-16)26-21-24-8-7-19(27-21)28-9-2-3-10-28/h4-7,13-15,22,25H,2-3,8-12,23H2,1H3,(H2,24,26,27). The molecule has 0 spiro atoms. The molecule has 1 amide bonds. The van der Waals surface area contributed by atoms with Gasteiger partial charge in [-0.15, -0.1) is 0 Å². The zero-order valence-corrected chi connectivity index (χ0v) is 18.3. The largest absolute Gasteiger partial charge is 0.455 e. The van der Waals surface area contributed by atoms with Crippen LogP contribution in [0.4, 0.5) is 5.69 Å². The summed E-state index contributed by atoms with van der Waals surface area (Å²) in [4.78, 5) is 21.1. The third-order valence-corrected chi connectivity index (χ3v) is 6.27. The van der Waals surface area contributed by atoms with Gasteiger partial charge in [-0.1, -0.05) is 12.1 Å². The summed E-state index contributed by atoms with van der Waals surface area (Å²) >= 11 is 0. The normalized spacial score (nSPS) is 26.1. The Kier molecular flexibility index (Phi) is 5.62. The number of amides is 1. The Balaban J connectivity index is 1.21. The third-order valence-electron chi connectivity index (χ3n) is 6.27. The first-order chi connectivity index (χ1) is 15.6. The van der Waals surface area contributed by atoms with E-state index < -0.39 is 6.35 Å². The van der Waals surface area contributed by atoms with Gasteiger partial charge in [0.2, 0.25) is 12.3 Å². The van der Waals surface area contributed by atoms with Crippen molar-refractivity contribution in [3.05, 3.63) is 47.9 Å². The van der Waals surface area contributed by atoms with E-state index in [2.05, 4.69) is 31.9 Å². The van der Waals surface area contributed by atoms with E-state index in [-0.39, 0.29) is 11.9 Å². The second-order valence-electron chi connectivity index (χ2n) is 8.39. The van der Waals surface area contributed by atoms with Crippen LogP contribution in [0.1, 0.15) is 25.3 Å². The van der Waals surface area contributed by atoms with E-state index in [0.29, 0.717) is 19.6 Å². The molecule has 32 heavy (non-hydrogen) atoms. The molecule has 0 saturated carbocycles. The number of aliphatic imine (C=N–C) groups is 1. The number of piperazine rings is 1. The maximum atomic E-state index is 12.2. The van der Waals surface area contributed by atoms with Gasteiger partial charge >= 0.3 is 0 Å². The molecule has 1 aromatic carbocycles. The van der Waals surface area contributed by atoms with Crippen LogP contribution in [0.15, 0.2) is 47.4 Å². The zero-order chi connectivity index (χ0) is 22.1. The van der Waals surface area contributed by atoms with Crippen molar-refractivity contribution in [1.29, 1.82) is 0 Å². The molecular weight excluding hydrogens is 408 g/mol. The van der Waals surface area contributed by atoms with Crippen molar-refractivity contribution in [2.24, 2.45) is 10.8 Å². The van der Waals surface area contributed by atoms with E-state index in [1.54, 1.807) is 0 Å². The van der Waals surface area contributed by atoms with Gasteiger partial charge in [-0.25, -0.2) is 15.7 Å². The molecular formula is C22H30N8O2. The first-order valence-electron chi connectivity index (χ1n) is 11.2. The quantitative estimate of drug-likeness (QED) is 0.400. The molecule has 2 atom stereocenters. The number of nitrogens with zero attached hydrogens (tertiary/aromatic N) is 4. The van der Waals surface area contributed by atoms with Crippen LogP contribution in [0.2, 0.25) is 0 Å². The van der Waals surface area contributed by atoms with Crippen molar-refractivity contribution in [3.8, 4) is 0 Å². The predicted octanol–water partition coefficient (Wildman–Crippen LogP) is 0.603. The highest BCUT2D eigenvalue weighted by Gasteiger charge is 2.37. The van der Waals surface area contributed by atoms with Gasteiger partial charge in [0.05, 0.1) is 19.1 Å². The lowest BCUT2D eigenvalue weighted by Gasteiger charge is -2.39. The summed E-state index contributed by atoms with van der Waals surface area (Å²) in [5, 5.41) is 11.3. The number of carbonyl (C=O) groups is 1. The van der Waals surface area contributed by atoms with Crippen molar-refractivity contribution in [2.45, 2.75) is 32.2 Å². The monoisotopic (exact) mass is 438 g/mol. The molecule has 0 bridgehead atoms. The molecule has 5 N–H and O–H groups in total. The fraction of sp³-hybridized carbons (Fsp3) is 0.455. The van der Waals surface area contributed by atoms with Crippen molar-refractivity contribution in [3.63, 3.8) is 0 Å². The Morgan fingerprint density at radius 2 is 2.06 bits per heavy atom. The second kappa shape index (κ2) is 8.71. The summed E-state index contributed by atoms with van der Waals surface area (Å²) in [5.74, 6) is 8.24. The SMILES string of the molecule is CC1C(=O)N(N)CCN1C1NC=C(c2cccc(NC3=NCC=C(N4CCCC4)N3)c2)O1. The highest BCUT2D eigenvalue weighted by atomic mass is 16.5. The van der Waals surface area contributed by atoms with Crippen LogP contribution in [0.3, 0.4) is 0 Å². The summed E-state index contributed by atoms with van der Waals surface area (Å²) < 4.78 is 6.15. The molecule has 4 aliphatic rings. The van der Waals surface area contributed by atoms with Gasteiger partial charge in [-0.2, -0.15) is 0 Å². The number of likely N-dealkylation sites (tertiary alicyclic amines) is 1. The summed E-state index contributed by atoms with van der Waals surface area (Å²) in [6, 6.07) is 7.66. The number of carbonyl (C=O) groups excluding carboxylic acids is 1. The molecule has 1 aromatic rings. The molecule has 4 aliphatic heterocycles. The molecule has 4 heterocycles. The van der Waals surface area contributed by atoms with Gasteiger partial charge < -0.3 is 25.6 Å². The lowest BCUT2D eigenvalue weighted by molar-refractivity contribution is -0.149. The zero-order valence-electron chi connectivity index (χ0n) is 18.3. The van der Waals surface area contributed by atoms with Crippen molar-refractivity contribution in [2.75, 3.05) is 38.0 Å². The lowest BCUT2D eigenvalue weighted by Crippen LogP contribution is -2.62. The van der Waals surface area contributed by atoms with Gasteiger partial charge in [0.15, 0.2) is 0 Å². The van der Waals surface area contributed by atoms with Crippen LogP contribution in [-0.4, -0.2) is 71.8 Å². The van der Waals surface area contributed by atoms with Crippen LogP contribution < -0.4 is 21.8 Å². The molecule has 10 heteroatoms. The van der Waals surface area contributed by atoms with Gasteiger partial charge in [0.25, 0.3) is 5.91 Å². The Morgan fingerprint density at radius 3 is 2.91 bits per heavy atom. The minimum Gasteiger partial charge on any atom is -0.455 e. The Labute approximate surface area is 187 Å². The first kappa shape index (κ1) is 20.7. The van der Waals surface area contributed by atoms with Crippen molar-refractivity contribution in [1.82, 2.24) is 25.4 Å². The number of ether oxygens (including phenoxy) is 1. The molecule has 2 fully saturated rings. The second-order valence-corrected chi connectivity index (χ2v) is 8.39. The Morgan fingerprint density at radius 1 is 1.22 bits per heavy atom. The van der Waals surface area contributed by atoms with E-state index in [0.717, 1.165) is 41.9 Å². The molecule has 0 aliphatic carbocycles. The van der Waals surface area contributed by atoms with Gasteiger partial charge in [-0.3, -0.25) is 9.80 Å². The number of guanidine groups is 1. The first-order valence-corrected chi connectivity index (χ1v) is 11.2. The molecule has 2 saturated heterocycles. The van der Waals surface area contributed by atoms with Gasteiger partial charge in [0, 0.05) is 37.1 Å². The molecule has 5 rings (SSSR count). The molecule has 0 aromatic heterocycles. The Hall–Kier alpha value is -3.24. The molecule has 10 nitrogen and oxygen atoms in total. The fourth-order valence-corrected chi connectivity index (χ4v) is 4.44. The van der Waals surface area contributed by atoms with Gasteiger partial charge in [-0.05, 0) is 38.0 Å². The maximum absolute atomic E-state index is 12.2. The summed E-state index contributed by atoms with van der Waals surface area (Å²) in [7, 11) is 0. The van der Waals surface area contributed by atoms with Crippen LogP contribution >= 0.6 is 0 Å². The van der Waals surface area contributed by atoms with E-state index in [1.165, 1.54) is 17.9 Å². The topological polar surface area (TPSA) is 110 Å². The highest BCUT2D eigenvalue weighted by molar-refractivity contribution is 5.95. The van der Waals surface area contributed by atoms with E-state index in [9.17, 15) is 4.79 Å². The molecule has 2 unspecified atom stereocenters. The predicted molar refractivity (Wildman–Crippen MR) is 122 cm³/mol. The maximum Gasteiger partial charge on any atom is 0.253 e. The number of anilines is 1. The highest BCUT2D eigenvalue weighted by Crippen LogP contribution is 2.26. The van der Waals surface area contributed by atoms with Crippen molar-refractivity contribution < 1.29 is 9.53 Å². The number of rotatable bonds is 4. The van der Waals surface area contributed by atoms with Crippen LogP contribution in [0.5, 0.6) is 0 Å². The third kappa shape index (κ3) is 4.11. The minimum atomic E-state index is -0.396.